The predicted octanol–water partition coefficient (Wildman–Crippen LogP) is 3.12. The SMILES string of the molecule is CCCCC(=O)OCOC(=O)CCCCCC(=O)OC(C)C. The smallest absolute Gasteiger partial charge is 0.308 e. The maximum absolute atomic E-state index is 11.4. The summed E-state index contributed by atoms with van der Waals surface area (Å²) in [6.07, 6.45) is 4.63. The van der Waals surface area contributed by atoms with Crippen molar-refractivity contribution >= 4 is 17.9 Å². The van der Waals surface area contributed by atoms with Gasteiger partial charge >= 0.3 is 17.9 Å². The van der Waals surface area contributed by atoms with Gasteiger partial charge in [0.2, 0.25) is 6.79 Å². The van der Waals surface area contributed by atoms with Crippen molar-refractivity contribution in [1.29, 1.82) is 0 Å². The molecular weight excluding hydrogens is 288 g/mol. The van der Waals surface area contributed by atoms with E-state index in [1.54, 1.807) is 0 Å². The van der Waals surface area contributed by atoms with Crippen LogP contribution in [0.4, 0.5) is 0 Å². The minimum atomic E-state index is -0.395. The predicted molar refractivity (Wildman–Crippen MR) is 80.9 cm³/mol. The van der Waals surface area contributed by atoms with E-state index in [1.807, 2.05) is 20.8 Å². The lowest BCUT2D eigenvalue weighted by Gasteiger charge is -2.07. The van der Waals surface area contributed by atoms with Gasteiger partial charge in [-0.25, -0.2) is 0 Å². The summed E-state index contributed by atoms with van der Waals surface area (Å²) in [4.78, 5) is 33.8. The Morgan fingerprint density at radius 2 is 1.27 bits per heavy atom. The molecule has 0 heterocycles. The summed E-state index contributed by atoms with van der Waals surface area (Å²) in [6.45, 7) is 5.28. The van der Waals surface area contributed by atoms with Gasteiger partial charge in [-0.3, -0.25) is 14.4 Å². The molecule has 0 radical (unpaired) electrons. The highest BCUT2D eigenvalue weighted by atomic mass is 16.7. The van der Waals surface area contributed by atoms with Crippen LogP contribution in [0, 0.1) is 0 Å². The quantitative estimate of drug-likeness (QED) is 0.313. The van der Waals surface area contributed by atoms with Gasteiger partial charge in [-0.15, -0.1) is 0 Å². The third-order valence-corrected chi connectivity index (χ3v) is 2.80. The molecule has 128 valence electrons. The number of unbranched alkanes of at least 4 members (excludes halogenated alkanes) is 3. The number of rotatable bonds is 12. The van der Waals surface area contributed by atoms with Gasteiger partial charge in [0.15, 0.2) is 0 Å². The Balaban J connectivity index is 3.46. The number of ether oxygens (including phenoxy) is 3. The van der Waals surface area contributed by atoms with Crippen LogP contribution < -0.4 is 0 Å². The van der Waals surface area contributed by atoms with Crippen molar-refractivity contribution in [3.05, 3.63) is 0 Å². The number of carbonyl (C=O) groups excluding carboxylic acids is 3. The van der Waals surface area contributed by atoms with Crippen LogP contribution in [0.15, 0.2) is 0 Å². The average Bonchev–Trinajstić information content (AvgIpc) is 2.44. The Morgan fingerprint density at radius 3 is 1.77 bits per heavy atom. The molecule has 0 saturated heterocycles. The molecule has 0 fully saturated rings. The molecule has 0 rings (SSSR count). The second-order valence-corrected chi connectivity index (χ2v) is 5.35. The molecule has 0 unspecified atom stereocenters. The Bertz CT molecular complexity index is 338. The molecule has 0 aliphatic rings. The molecule has 0 saturated carbocycles. The Kier molecular flexibility index (Phi) is 12.2. The van der Waals surface area contributed by atoms with Crippen LogP contribution in [0.1, 0.15) is 72.1 Å². The van der Waals surface area contributed by atoms with E-state index in [0.29, 0.717) is 25.7 Å². The molecular formula is C16H28O6. The lowest BCUT2D eigenvalue weighted by Crippen LogP contribution is -2.12. The number of hydrogen-bond acceptors (Lipinski definition) is 6. The zero-order valence-electron chi connectivity index (χ0n) is 13.9. The van der Waals surface area contributed by atoms with E-state index in [0.717, 1.165) is 19.3 Å². The maximum Gasteiger partial charge on any atom is 0.308 e. The molecule has 0 atom stereocenters. The van der Waals surface area contributed by atoms with Crippen molar-refractivity contribution in [1.82, 2.24) is 0 Å². The Hall–Kier alpha value is -1.59. The molecule has 0 aromatic carbocycles. The third-order valence-electron chi connectivity index (χ3n) is 2.80. The third kappa shape index (κ3) is 13.4. The molecule has 6 heteroatoms. The number of esters is 3. The highest BCUT2D eigenvalue weighted by Gasteiger charge is 2.07. The van der Waals surface area contributed by atoms with Crippen LogP contribution in [0.5, 0.6) is 0 Å². The molecule has 0 aliphatic heterocycles. The van der Waals surface area contributed by atoms with Gasteiger partial charge < -0.3 is 14.2 Å². The molecule has 0 N–H and O–H groups in total. The van der Waals surface area contributed by atoms with E-state index in [2.05, 4.69) is 0 Å². The molecule has 6 nitrogen and oxygen atoms in total. The van der Waals surface area contributed by atoms with Crippen LogP contribution >= 0.6 is 0 Å². The second-order valence-electron chi connectivity index (χ2n) is 5.35. The standard InChI is InChI=1S/C16H28O6/c1-4-5-9-14(17)20-12-21-15(18)10-7-6-8-11-16(19)22-13(2)3/h13H,4-12H2,1-3H3. The number of hydrogen-bond donors (Lipinski definition) is 0. The van der Waals surface area contributed by atoms with Crippen LogP contribution in [-0.4, -0.2) is 30.8 Å². The highest BCUT2D eigenvalue weighted by Crippen LogP contribution is 2.06. The first kappa shape index (κ1) is 20.4. The van der Waals surface area contributed by atoms with Crippen molar-refractivity contribution in [3.63, 3.8) is 0 Å². The van der Waals surface area contributed by atoms with E-state index in [4.69, 9.17) is 14.2 Å². The fourth-order valence-electron chi connectivity index (χ4n) is 1.66. The summed E-state index contributed by atoms with van der Waals surface area (Å²) in [7, 11) is 0. The first-order valence-electron chi connectivity index (χ1n) is 7.96. The average molecular weight is 316 g/mol. The topological polar surface area (TPSA) is 78.9 Å². The van der Waals surface area contributed by atoms with Crippen molar-refractivity contribution in [2.24, 2.45) is 0 Å². The molecule has 0 bridgehead atoms. The zero-order chi connectivity index (χ0) is 16.8. The van der Waals surface area contributed by atoms with Crippen LogP contribution in [0.25, 0.3) is 0 Å². The first-order chi connectivity index (χ1) is 10.5. The Labute approximate surface area is 132 Å². The fraction of sp³-hybridized carbons (Fsp3) is 0.812. The van der Waals surface area contributed by atoms with Crippen molar-refractivity contribution < 1.29 is 28.6 Å². The minimum Gasteiger partial charge on any atom is -0.463 e. The second kappa shape index (κ2) is 13.1. The van der Waals surface area contributed by atoms with Crippen LogP contribution in [0.3, 0.4) is 0 Å². The number of carbonyl (C=O) groups is 3. The summed E-state index contributed by atoms with van der Waals surface area (Å²) in [5.41, 5.74) is 0. The minimum absolute atomic E-state index is 0.0949. The van der Waals surface area contributed by atoms with Crippen molar-refractivity contribution in [2.75, 3.05) is 6.79 Å². The van der Waals surface area contributed by atoms with Crippen LogP contribution in [-0.2, 0) is 28.6 Å². The van der Waals surface area contributed by atoms with Gasteiger partial charge in [-0.1, -0.05) is 19.8 Å². The molecule has 0 aromatic heterocycles. The molecule has 0 spiro atoms. The summed E-state index contributed by atoms with van der Waals surface area (Å²) >= 11 is 0. The Morgan fingerprint density at radius 1 is 0.773 bits per heavy atom. The van der Waals surface area contributed by atoms with E-state index in [1.165, 1.54) is 0 Å². The van der Waals surface area contributed by atoms with E-state index < -0.39 is 5.97 Å². The lowest BCUT2D eigenvalue weighted by atomic mass is 10.1. The maximum atomic E-state index is 11.4. The van der Waals surface area contributed by atoms with Gasteiger partial charge in [0.1, 0.15) is 0 Å². The van der Waals surface area contributed by atoms with E-state index in [-0.39, 0.29) is 31.3 Å². The summed E-state index contributed by atoms with van der Waals surface area (Å²) < 4.78 is 14.6. The zero-order valence-corrected chi connectivity index (χ0v) is 13.9. The van der Waals surface area contributed by atoms with E-state index in [9.17, 15) is 14.4 Å². The molecule has 22 heavy (non-hydrogen) atoms. The van der Waals surface area contributed by atoms with Crippen molar-refractivity contribution in [3.8, 4) is 0 Å². The summed E-state index contributed by atoms with van der Waals surface area (Å²) in [5.74, 6) is -0.956. The summed E-state index contributed by atoms with van der Waals surface area (Å²) in [6, 6.07) is 0. The van der Waals surface area contributed by atoms with Gasteiger partial charge in [-0.05, 0) is 33.1 Å². The molecule has 0 aliphatic carbocycles. The lowest BCUT2D eigenvalue weighted by molar-refractivity contribution is -0.167. The normalized spacial score (nSPS) is 10.4. The van der Waals surface area contributed by atoms with Gasteiger partial charge in [0.25, 0.3) is 0 Å². The van der Waals surface area contributed by atoms with Crippen LogP contribution in [0.2, 0.25) is 0 Å². The van der Waals surface area contributed by atoms with Gasteiger partial charge in [-0.2, -0.15) is 0 Å². The summed E-state index contributed by atoms with van der Waals surface area (Å²) in [5, 5.41) is 0. The first-order valence-corrected chi connectivity index (χ1v) is 7.96. The van der Waals surface area contributed by atoms with Gasteiger partial charge in [0.05, 0.1) is 6.10 Å². The van der Waals surface area contributed by atoms with E-state index >= 15 is 0 Å². The molecule has 0 amide bonds. The molecule has 0 aromatic rings. The van der Waals surface area contributed by atoms with Crippen molar-refractivity contribution in [2.45, 2.75) is 78.2 Å². The fourth-order valence-corrected chi connectivity index (χ4v) is 1.66. The largest absolute Gasteiger partial charge is 0.463 e. The van der Waals surface area contributed by atoms with Gasteiger partial charge in [0, 0.05) is 19.3 Å². The monoisotopic (exact) mass is 316 g/mol. The highest BCUT2D eigenvalue weighted by molar-refractivity contribution is 5.71.